The molecule has 66 valence electrons. The summed E-state index contributed by atoms with van der Waals surface area (Å²) in [6.45, 7) is 6.47. The first kappa shape index (κ1) is 8.97. The van der Waals surface area contributed by atoms with Gasteiger partial charge in [0.2, 0.25) is 0 Å². The summed E-state index contributed by atoms with van der Waals surface area (Å²) in [6.07, 6.45) is 2.52. The second-order valence-corrected chi connectivity index (χ2v) is 2.73. The average Bonchev–Trinajstić information content (AvgIpc) is 2.46. The zero-order valence-electron chi connectivity index (χ0n) is 7.79. The van der Waals surface area contributed by atoms with Gasteiger partial charge in [-0.15, -0.1) is 0 Å². The smallest absolute Gasteiger partial charge is 0.163 e. The Hall–Kier alpha value is -1.12. The predicted molar refractivity (Wildman–Crippen MR) is 47.3 cm³/mol. The van der Waals surface area contributed by atoms with E-state index in [0.29, 0.717) is 0 Å². The lowest BCUT2D eigenvalue weighted by Gasteiger charge is -2.02. The van der Waals surface area contributed by atoms with Crippen molar-refractivity contribution in [1.29, 1.82) is 0 Å². The molecule has 0 aromatic carbocycles. The average molecular weight is 166 g/mol. The number of nitrogens with zero attached hydrogens (tertiary/aromatic N) is 2. The summed E-state index contributed by atoms with van der Waals surface area (Å²) in [5.41, 5.74) is 1.81. The van der Waals surface area contributed by atoms with Crippen molar-refractivity contribution >= 4 is 5.78 Å². The van der Waals surface area contributed by atoms with Crippen molar-refractivity contribution in [3.8, 4) is 0 Å². The molecule has 0 bridgehead atoms. The van der Waals surface area contributed by atoms with E-state index in [9.17, 15) is 4.79 Å². The summed E-state index contributed by atoms with van der Waals surface area (Å²) in [7, 11) is 0. The summed E-state index contributed by atoms with van der Waals surface area (Å²) in [6, 6.07) is 0. The van der Waals surface area contributed by atoms with Gasteiger partial charge < -0.3 is 0 Å². The lowest BCUT2D eigenvalue weighted by atomic mass is 10.1. The number of carbonyl (C=O) groups is 1. The molecule has 1 aromatic rings. The van der Waals surface area contributed by atoms with Crippen molar-refractivity contribution in [2.24, 2.45) is 0 Å². The molecule has 3 heteroatoms. The molecule has 0 fully saturated rings. The molecular formula is C9H14N2O. The van der Waals surface area contributed by atoms with Gasteiger partial charge in [-0.2, -0.15) is 5.10 Å². The standard InChI is InChI=1S/C9H14N2O/c1-4-9-8(7(3)12)6-10-11(9)5-2/h6H,4-5H2,1-3H3. The molecule has 0 aliphatic heterocycles. The summed E-state index contributed by atoms with van der Waals surface area (Å²) in [4.78, 5) is 11.1. The Kier molecular flexibility index (Phi) is 2.63. The van der Waals surface area contributed by atoms with Gasteiger partial charge in [-0.3, -0.25) is 9.48 Å². The fourth-order valence-corrected chi connectivity index (χ4v) is 1.35. The predicted octanol–water partition coefficient (Wildman–Crippen LogP) is 1.67. The number of ketones is 1. The highest BCUT2D eigenvalue weighted by atomic mass is 16.1. The lowest BCUT2D eigenvalue weighted by Crippen LogP contribution is -2.04. The van der Waals surface area contributed by atoms with Crippen LogP contribution in [0.2, 0.25) is 0 Å². The minimum absolute atomic E-state index is 0.103. The molecule has 0 spiro atoms. The molecule has 0 saturated carbocycles. The Labute approximate surface area is 72.4 Å². The third-order valence-corrected chi connectivity index (χ3v) is 1.96. The molecule has 1 heterocycles. The molecule has 12 heavy (non-hydrogen) atoms. The van der Waals surface area contributed by atoms with E-state index in [4.69, 9.17) is 0 Å². The summed E-state index contributed by atoms with van der Waals surface area (Å²) in [5.74, 6) is 0.103. The number of rotatable bonds is 3. The van der Waals surface area contributed by atoms with E-state index >= 15 is 0 Å². The summed E-state index contributed by atoms with van der Waals surface area (Å²) in [5, 5.41) is 4.12. The molecule has 0 saturated heterocycles. The van der Waals surface area contributed by atoms with Gasteiger partial charge in [0.1, 0.15) is 0 Å². The van der Waals surface area contributed by atoms with E-state index in [1.807, 2.05) is 18.5 Å². The molecule has 3 nitrogen and oxygen atoms in total. The fraction of sp³-hybridized carbons (Fsp3) is 0.556. The monoisotopic (exact) mass is 166 g/mol. The molecule has 0 amide bonds. The summed E-state index contributed by atoms with van der Waals surface area (Å²) >= 11 is 0. The van der Waals surface area contributed by atoms with Crippen molar-refractivity contribution in [1.82, 2.24) is 9.78 Å². The molecular weight excluding hydrogens is 152 g/mol. The highest BCUT2D eigenvalue weighted by Crippen LogP contribution is 2.09. The molecule has 0 N–H and O–H groups in total. The van der Waals surface area contributed by atoms with Crippen LogP contribution >= 0.6 is 0 Å². The maximum atomic E-state index is 11.1. The van der Waals surface area contributed by atoms with Crippen LogP contribution in [0.25, 0.3) is 0 Å². The van der Waals surface area contributed by atoms with Crippen LogP contribution in [0.1, 0.15) is 36.8 Å². The first-order valence-electron chi connectivity index (χ1n) is 4.26. The lowest BCUT2D eigenvalue weighted by molar-refractivity contribution is 0.101. The minimum atomic E-state index is 0.103. The number of hydrogen-bond acceptors (Lipinski definition) is 2. The van der Waals surface area contributed by atoms with E-state index in [1.54, 1.807) is 13.1 Å². The van der Waals surface area contributed by atoms with Crippen LogP contribution in [0.5, 0.6) is 0 Å². The van der Waals surface area contributed by atoms with Crippen molar-refractivity contribution in [3.05, 3.63) is 17.5 Å². The fourth-order valence-electron chi connectivity index (χ4n) is 1.35. The number of aromatic nitrogens is 2. The Morgan fingerprint density at radius 2 is 2.25 bits per heavy atom. The molecule has 1 rings (SSSR count). The maximum absolute atomic E-state index is 11.1. The second kappa shape index (κ2) is 3.52. The molecule has 0 aliphatic carbocycles. The highest BCUT2D eigenvalue weighted by molar-refractivity contribution is 5.94. The maximum Gasteiger partial charge on any atom is 0.163 e. The Balaban J connectivity index is 3.13. The van der Waals surface area contributed by atoms with Gasteiger partial charge in [-0.25, -0.2) is 0 Å². The van der Waals surface area contributed by atoms with Crippen molar-refractivity contribution in [2.45, 2.75) is 33.7 Å². The van der Waals surface area contributed by atoms with Gasteiger partial charge in [-0.05, 0) is 20.3 Å². The third-order valence-electron chi connectivity index (χ3n) is 1.96. The summed E-state index contributed by atoms with van der Waals surface area (Å²) < 4.78 is 1.87. The van der Waals surface area contributed by atoms with Crippen LogP contribution in [-0.2, 0) is 13.0 Å². The van der Waals surface area contributed by atoms with E-state index in [-0.39, 0.29) is 5.78 Å². The van der Waals surface area contributed by atoms with Crippen LogP contribution in [0.4, 0.5) is 0 Å². The normalized spacial score (nSPS) is 10.2. The van der Waals surface area contributed by atoms with Gasteiger partial charge >= 0.3 is 0 Å². The number of Topliss-reactive ketones (excluding diaryl/α,β-unsaturated/α-hetero) is 1. The largest absolute Gasteiger partial charge is 0.294 e. The molecule has 0 aliphatic rings. The van der Waals surface area contributed by atoms with E-state index < -0.39 is 0 Å². The van der Waals surface area contributed by atoms with Crippen LogP contribution in [0.3, 0.4) is 0 Å². The van der Waals surface area contributed by atoms with Gasteiger partial charge in [0.15, 0.2) is 5.78 Å². The SMILES string of the molecule is CCc1c(C(C)=O)cnn1CC. The van der Waals surface area contributed by atoms with Crippen LogP contribution in [-0.4, -0.2) is 15.6 Å². The Morgan fingerprint density at radius 3 is 2.67 bits per heavy atom. The quantitative estimate of drug-likeness (QED) is 0.640. The number of aryl methyl sites for hydroxylation is 1. The Morgan fingerprint density at radius 1 is 1.58 bits per heavy atom. The van der Waals surface area contributed by atoms with Crippen molar-refractivity contribution < 1.29 is 4.79 Å². The van der Waals surface area contributed by atoms with E-state index in [2.05, 4.69) is 5.10 Å². The zero-order chi connectivity index (χ0) is 9.14. The first-order valence-corrected chi connectivity index (χ1v) is 4.26. The third kappa shape index (κ3) is 1.40. The highest BCUT2D eigenvalue weighted by Gasteiger charge is 2.10. The number of hydrogen-bond donors (Lipinski definition) is 0. The molecule has 1 aromatic heterocycles. The first-order chi connectivity index (χ1) is 5.70. The van der Waals surface area contributed by atoms with Crippen molar-refractivity contribution in [3.63, 3.8) is 0 Å². The number of carbonyl (C=O) groups excluding carboxylic acids is 1. The van der Waals surface area contributed by atoms with Gasteiger partial charge in [0, 0.05) is 12.2 Å². The van der Waals surface area contributed by atoms with Gasteiger partial charge in [-0.1, -0.05) is 6.92 Å². The van der Waals surface area contributed by atoms with Gasteiger partial charge in [0.05, 0.1) is 11.8 Å². The molecule has 0 atom stereocenters. The van der Waals surface area contributed by atoms with E-state index in [0.717, 1.165) is 24.2 Å². The molecule has 0 unspecified atom stereocenters. The van der Waals surface area contributed by atoms with E-state index in [1.165, 1.54) is 0 Å². The van der Waals surface area contributed by atoms with Crippen molar-refractivity contribution in [2.75, 3.05) is 0 Å². The van der Waals surface area contributed by atoms with Crippen LogP contribution in [0, 0.1) is 0 Å². The zero-order valence-corrected chi connectivity index (χ0v) is 7.79. The Bertz CT molecular complexity index is 289. The van der Waals surface area contributed by atoms with Crippen LogP contribution < -0.4 is 0 Å². The van der Waals surface area contributed by atoms with Crippen LogP contribution in [0.15, 0.2) is 6.20 Å². The minimum Gasteiger partial charge on any atom is -0.294 e. The van der Waals surface area contributed by atoms with Gasteiger partial charge in [0.25, 0.3) is 0 Å². The second-order valence-electron chi connectivity index (χ2n) is 2.73. The topological polar surface area (TPSA) is 34.9 Å². The molecule has 0 radical (unpaired) electrons.